The van der Waals surface area contributed by atoms with Crippen molar-refractivity contribution in [1.82, 2.24) is 4.90 Å². The number of nitrogens with zero attached hydrogens (tertiary/aromatic N) is 2. The first-order valence-electron chi connectivity index (χ1n) is 5.73. The van der Waals surface area contributed by atoms with Gasteiger partial charge in [0.2, 0.25) is 0 Å². The van der Waals surface area contributed by atoms with Gasteiger partial charge in [0.1, 0.15) is 0 Å². The summed E-state index contributed by atoms with van der Waals surface area (Å²) in [6.45, 7) is 8.92. The highest BCUT2D eigenvalue weighted by molar-refractivity contribution is 5.79. The van der Waals surface area contributed by atoms with Crippen molar-refractivity contribution in [2.24, 2.45) is 16.6 Å². The van der Waals surface area contributed by atoms with Gasteiger partial charge in [-0.05, 0) is 31.8 Å². The highest BCUT2D eigenvalue weighted by Crippen LogP contribution is 2.10. The van der Waals surface area contributed by atoms with E-state index in [-0.39, 0.29) is 0 Å². The summed E-state index contributed by atoms with van der Waals surface area (Å²) in [5, 5.41) is 0. The Labute approximate surface area is 87.4 Å². The van der Waals surface area contributed by atoms with Gasteiger partial charge < -0.3 is 10.6 Å². The van der Waals surface area contributed by atoms with Crippen molar-refractivity contribution >= 4 is 5.84 Å². The standard InChI is InChI=1S/C11H23N3/c1-3-11(12)13-8-10(2)9-14-6-4-5-7-14/h10H,3-9H2,1-2H3,(H2,12,13). The Kier molecular flexibility index (Phi) is 4.94. The van der Waals surface area contributed by atoms with E-state index in [0.717, 1.165) is 18.8 Å². The third-order valence-corrected chi connectivity index (χ3v) is 2.74. The van der Waals surface area contributed by atoms with E-state index in [9.17, 15) is 0 Å². The van der Waals surface area contributed by atoms with Crippen molar-refractivity contribution in [3.63, 3.8) is 0 Å². The highest BCUT2D eigenvalue weighted by atomic mass is 15.1. The zero-order valence-corrected chi connectivity index (χ0v) is 9.50. The zero-order valence-electron chi connectivity index (χ0n) is 9.50. The van der Waals surface area contributed by atoms with Crippen LogP contribution in [0.5, 0.6) is 0 Å². The van der Waals surface area contributed by atoms with Crippen LogP contribution < -0.4 is 5.73 Å². The molecule has 3 heteroatoms. The molecule has 1 fully saturated rings. The first-order valence-corrected chi connectivity index (χ1v) is 5.73. The van der Waals surface area contributed by atoms with Crippen LogP contribution in [-0.4, -0.2) is 36.9 Å². The fourth-order valence-electron chi connectivity index (χ4n) is 1.85. The van der Waals surface area contributed by atoms with Crippen molar-refractivity contribution in [2.75, 3.05) is 26.2 Å². The average molecular weight is 197 g/mol. The monoisotopic (exact) mass is 197 g/mol. The Morgan fingerprint density at radius 3 is 2.64 bits per heavy atom. The number of likely N-dealkylation sites (tertiary alicyclic amines) is 1. The van der Waals surface area contributed by atoms with Crippen molar-refractivity contribution in [2.45, 2.75) is 33.1 Å². The second-order valence-electron chi connectivity index (χ2n) is 4.30. The molecular formula is C11H23N3. The van der Waals surface area contributed by atoms with Crippen LogP contribution in [0.2, 0.25) is 0 Å². The molecule has 0 saturated carbocycles. The molecular weight excluding hydrogens is 174 g/mol. The Hall–Kier alpha value is -0.570. The van der Waals surface area contributed by atoms with Crippen LogP contribution in [0.3, 0.4) is 0 Å². The molecule has 0 aromatic carbocycles. The van der Waals surface area contributed by atoms with Crippen LogP contribution in [0.15, 0.2) is 4.99 Å². The van der Waals surface area contributed by atoms with Gasteiger partial charge in [0.15, 0.2) is 0 Å². The maximum atomic E-state index is 5.67. The van der Waals surface area contributed by atoms with Crippen molar-refractivity contribution in [3.8, 4) is 0 Å². The lowest BCUT2D eigenvalue weighted by Gasteiger charge is -2.18. The normalized spacial score (nSPS) is 21.4. The molecule has 14 heavy (non-hydrogen) atoms. The smallest absolute Gasteiger partial charge is 0.0934 e. The Balaban J connectivity index is 2.17. The van der Waals surface area contributed by atoms with Crippen LogP contribution in [0.25, 0.3) is 0 Å². The molecule has 1 unspecified atom stereocenters. The second-order valence-corrected chi connectivity index (χ2v) is 4.30. The maximum absolute atomic E-state index is 5.67. The molecule has 1 aliphatic heterocycles. The molecule has 0 bridgehead atoms. The summed E-state index contributed by atoms with van der Waals surface area (Å²) in [5.41, 5.74) is 5.67. The van der Waals surface area contributed by atoms with E-state index in [1.165, 1.54) is 32.5 Å². The molecule has 1 heterocycles. The Morgan fingerprint density at radius 1 is 1.43 bits per heavy atom. The zero-order chi connectivity index (χ0) is 10.4. The maximum Gasteiger partial charge on any atom is 0.0934 e. The molecule has 3 nitrogen and oxygen atoms in total. The number of hydrogen-bond donors (Lipinski definition) is 1. The minimum atomic E-state index is 0.637. The minimum absolute atomic E-state index is 0.637. The lowest BCUT2D eigenvalue weighted by Crippen LogP contribution is -2.27. The first kappa shape index (κ1) is 11.5. The SMILES string of the molecule is CCC(N)=NCC(C)CN1CCCC1. The lowest BCUT2D eigenvalue weighted by atomic mass is 10.2. The first-order chi connectivity index (χ1) is 6.72. The second kappa shape index (κ2) is 6.02. The molecule has 0 amide bonds. The highest BCUT2D eigenvalue weighted by Gasteiger charge is 2.13. The number of hydrogen-bond acceptors (Lipinski definition) is 2. The summed E-state index contributed by atoms with van der Waals surface area (Å²) in [6, 6.07) is 0. The van der Waals surface area contributed by atoms with Gasteiger partial charge in [0.05, 0.1) is 5.84 Å². The average Bonchev–Trinajstić information content (AvgIpc) is 2.66. The largest absolute Gasteiger partial charge is 0.387 e. The van der Waals surface area contributed by atoms with Crippen LogP contribution >= 0.6 is 0 Å². The van der Waals surface area contributed by atoms with Gasteiger partial charge in [-0.1, -0.05) is 13.8 Å². The van der Waals surface area contributed by atoms with Gasteiger partial charge in [0.25, 0.3) is 0 Å². The van der Waals surface area contributed by atoms with E-state index < -0.39 is 0 Å². The van der Waals surface area contributed by atoms with Crippen molar-refractivity contribution in [1.29, 1.82) is 0 Å². The van der Waals surface area contributed by atoms with Crippen LogP contribution in [0.4, 0.5) is 0 Å². The Morgan fingerprint density at radius 2 is 2.07 bits per heavy atom. The van der Waals surface area contributed by atoms with Gasteiger partial charge in [-0.2, -0.15) is 0 Å². The van der Waals surface area contributed by atoms with Gasteiger partial charge in [-0.25, -0.2) is 0 Å². The molecule has 1 atom stereocenters. The van der Waals surface area contributed by atoms with Crippen LogP contribution in [0.1, 0.15) is 33.1 Å². The summed E-state index contributed by atoms with van der Waals surface area (Å²) in [7, 11) is 0. The van der Waals surface area contributed by atoms with E-state index >= 15 is 0 Å². The van der Waals surface area contributed by atoms with Gasteiger partial charge in [0, 0.05) is 19.5 Å². The molecule has 1 rings (SSSR count). The quantitative estimate of drug-likeness (QED) is 0.536. The predicted octanol–water partition coefficient (Wildman–Crippen LogP) is 1.49. The fourth-order valence-corrected chi connectivity index (χ4v) is 1.85. The number of aliphatic imine (C=N–C) groups is 1. The number of amidine groups is 1. The summed E-state index contributed by atoms with van der Waals surface area (Å²) in [6.07, 6.45) is 3.61. The summed E-state index contributed by atoms with van der Waals surface area (Å²) in [4.78, 5) is 6.88. The molecule has 2 N–H and O–H groups in total. The molecule has 0 aliphatic carbocycles. The Bertz CT molecular complexity index is 183. The number of nitrogens with two attached hydrogens (primary N) is 1. The number of rotatable bonds is 5. The van der Waals surface area contributed by atoms with Crippen LogP contribution in [-0.2, 0) is 0 Å². The third-order valence-electron chi connectivity index (χ3n) is 2.74. The lowest BCUT2D eigenvalue weighted by molar-refractivity contribution is 0.291. The third kappa shape index (κ3) is 4.09. The van der Waals surface area contributed by atoms with E-state index in [1.807, 2.05) is 6.92 Å². The molecule has 1 aliphatic rings. The molecule has 82 valence electrons. The molecule has 0 aromatic rings. The van der Waals surface area contributed by atoms with E-state index in [0.29, 0.717) is 5.92 Å². The molecule has 1 saturated heterocycles. The topological polar surface area (TPSA) is 41.6 Å². The van der Waals surface area contributed by atoms with Crippen molar-refractivity contribution < 1.29 is 0 Å². The summed E-state index contributed by atoms with van der Waals surface area (Å²) in [5.74, 6) is 1.43. The molecule has 0 radical (unpaired) electrons. The molecule has 0 aromatic heterocycles. The van der Waals surface area contributed by atoms with E-state index in [2.05, 4.69) is 16.8 Å². The summed E-state index contributed by atoms with van der Waals surface area (Å²) >= 11 is 0. The molecule has 0 spiro atoms. The van der Waals surface area contributed by atoms with Crippen LogP contribution in [0, 0.1) is 5.92 Å². The minimum Gasteiger partial charge on any atom is -0.387 e. The van der Waals surface area contributed by atoms with Gasteiger partial charge in [-0.3, -0.25) is 4.99 Å². The predicted molar refractivity (Wildman–Crippen MR) is 61.6 cm³/mol. The van der Waals surface area contributed by atoms with E-state index in [4.69, 9.17) is 5.73 Å². The fraction of sp³-hybridized carbons (Fsp3) is 0.909. The van der Waals surface area contributed by atoms with Crippen molar-refractivity contribution in [3.05, 3.63) is 0 Å². The van der Waals surface area contributed by atoms with Gasteiger partial charge in [-0.15, -0.1) is 0 Å². The summed E-state index contributed by atoms with van der Waals surface area (Å²) < 4.78 is 0. The van der Waals surface area contributed by atoms with E-state index in [1.54, 1.807) is 0 Å². The van der Waals surface area contributed by atoms with Gasteiger partial charge >= 0.3 is 0 Å².